The summed E-state index contributed by atoms with van der Waals surface area (Å²) in [6, 6.07) is 4.60. The molecule has 144 valence electrons. The molecule has 0 aromatic heterocycles. The van der Waals surface area contributed by atoms with Crippen LogP contribution in [-0.4, -0.2) is 55.4 Å². The summed E-state index contributed by atoms with van der Waals surface area (Å²) in [5.74, 6) is 1.09. The topological polar surface area (TPSA) is 35.9 Å². The minimum Gasteiger partial charge on any atom is -0.487 e. The Kier molecular flexibility index (Phi) is 8.74. The van der Waals surface area contributed by atoms with E-state index in [4.69, 9.17) is 9.84 Å². The van der Waals surface area contributed by atoms with Crippen LogP contribution in [0.15, 0.2) is 12.1 Å². The van der Waals surface area contributed by atoms with Gasteiger partial charge in [-0.05, 0) is 44.9 Å². The summed E-state index contributed by atoms with van der Waals surface area (Å²) in [6.07, 6.45) is 2.27. The van der Waals surface area contributed by atoms with E-state index in [-0.39, 0.29) is 5.60 Å². The van der Waals surface area contributed by atoms with Crippen molar-refractivity contribution in [3.8, 4) is 5.75 Å². The molecule has 4 nitrogen and oxygen atoms in total. The highest BCUT2D eigenvalue weighted by Crippen LogP contribution is 2.39. The van der Waals surface area contributed by atoms with Crippen molar-refractivity contribution in [1.29, 1.82) is 0 Å². The van der Waals surface area contributed by atoms with Gasteiger partial charge in [-0.15, -0.1) is 0 Å². The summed E-state index contributed by atoms with van der Waals surface area (Å²) >= 11 is 0. The molecule has 0 saturated carbocycles. The minimum absolute atomic E-state index is 0.0484. The number of aliphatic hydroxyl groups is 1. The van der Waals surface area contributed by atoms with E-state index in [0.29, 0.717) is 0 Å². The molecule has 1 fully saturated rings. The summed E-state index contributed by atoms with van der Waals surface area (Å²) in [4.78, 5) is 5.09. The van der Waals surface area contributed by atoms with Gasteiger partial charge in [0.2, 0.25) is 0 Å². The lowest BCUT2D eigenvalue weighted by atomic mass is 9.99. The lowest BCUT2D eigenvalue weighted by Gasteiger charge is -2.36. The molecule has 0 amide bonds. The molecule has 3 rings (SSSR count). The highest BCUT2D eigenvalue weighted by Gasteiger charge is 2.31. The summed E-state index contributed by atoms with van der Waals surface area (Å²) in [5.41, 5.74) is 4.07. The number of hydrogen-bond donors (Lipinski definition) is 1. The molecule has 0 radical (unpaired) electrons. The largest absolute Gasteiger partial charge is 0.487 e. The first kappa shape index (κ1) is 21.8. The van der Waals surface area contributed by atoms with Crippen LogP contribution >= 0.6 is 0 Å². The van der Waals surface area contributed by atoms with Crippen LogP contribution in [0, 0.1) is 6.92 Å². The molecule has 2 aliphatic rings. The quantitative estimate of drug-likeness (QED) is 0.897. The van der Waals surface area contributed by atoms with Gasteiger partial charge in [-0.1, -0.05) is 26.8 Å². The first-order valence-corrected chi connectivity index (χ1v) is 9.73. The van der Waals surface area contributed by atoms with Gasteiger partial charge in [0, 0.05) is 51.5 Å². The molecule has 2 aliphatic heterocycles. The monoisotopic (exact) mass is 350 g/mol. The van der Waals surface area contributed by atoms with Crippen molar-refractivity contribution in [2.24, 2.45) is 0 Å². The molecule has 0 atom stereocenters. The summed E-state index contributed by atoms with van der Waals surface area (Å²) in [7, 11) is 1.00. The number of fused-ring (bicyclic) bond motifs is 1. The van der Waals surface area contributed by atoms with E-state index in [2.05, 4.69) is 49.6 Å². The van der Waals surface area contributed by atoms with Gasteiger partial charge in [0.05, 0.1) is 0 Å². The molecule has 0 unspecified atom stereocenters. The van der Waals surface area contributed by atoms with Crippen molar-refractivity contribution in [3.05, 3.63) is 23.3 Å². The van der Waals surface area contributed by atoms with E-state index in [1.54, 1.807) is 0 Å². The third-order valence-corrected chi connectivity index (χ3v) is 4.63. The van der Waals surface area contributed by atoms with Gasteiger partial charge in [-0.25, -0.2) is 0 Å². The molecule has 0 spiro atoms. The summed E-state index contributed by atoms with van der Waals surface area (Å²) < 4.78 is 6.10. The second-order valence-electron chi connectivity index (χ2n) is 7.11. The van der Waals surface area contributed by atoms with Crippen molar-refractivity contribution in [2.75, 3.05) is 44.7 Å². The van der Waals surface area contributed by atoms with Gasteiger partial charge >= 0.3 is 0 Å². The number of nitrogens with zero attached hydrogens (tertiary/aromatic N) is 2. The van der Waals surface area contributed by atoms with Crippen LogP contribution in [-0.2, 0) is 6.42 Å². The van der Waals surface area contributed by atoms with Crippen LogP contribution in [0.5, 0.6) is 5.75 Å². The Morgan fingerprint density at radius 2 is 1.68 bits per heavy atom. The molecule has 2 heterocycles. The SMILES string of the molecule is CC.CCCN1CCN(c2cc3c(cc2C)CC(C)(C)O3)CC1.CO. The van der Waals surface area contributed by atoms with E-state index >= 15 is 0 Å². The molecular formula is C21H38N2O2. The predicted molar refractivity (Wildman–Crippen MR) is 108 cm³/mol. The average Bonchev–Trinajstić information content (AvgIpc) is 2.92. The van der Waals surface area contributed by atoms with Crippen molar-refractivity contribution >= 4 is 5.69 Å². The van der Waals surface area contributed by atoms with Crippen LogP contribution in [0.1, 0.15) is 52.2 Å². The summed E-state index contributed by atoms with van der Waals surface area (Å²) in [6.45, 7) is 18.7. The van der Waals surface area contributed by atoms with E-state index in [1.807, 2.05) is 13.8 Å². The van der Waals surface area contributed by atoms with E-state index in [1.165, 1.54) is 42.9 Å². The van der Waals surface area contributed by atoms with Crippen molar-refractivity contribution in [2.45, 2.75) is 60.0 Å². The lowest BCUT2D eigenvalue weighted by molar-refractivity contribution is 0.138. The summed E-state index contributed by atoms with van der Waals surface area (Å²) in [5, 5.41) is 7.00. The maximum absolute atomic E-state index is 7.00. The maximum atomic E-state index is 7.00. The second kappa shape index (κ2) is 10.0. The fourth-order valence-corrected chi connectivity index (χ4v) is 3.63. The van der Waals surface area contributed by atoms with Crippen LogP contribution in [0.3, 0.4) is 0 Å². The predicted octanol–water partition coefficient (Wildman–Crippen LogP) is 3.88. The minimum atomic E-state index is -0.0484. The zero-order valence-corrected chi connectivity index (χ0v) is 17.4. The molecule has 1 N–H and O–H groups in total. The average molecular weight is 351 g/mol. The van der Waals surface area contributed by atoms with E-state index in [0.717, 1.165) is 32.4 Å². The smallest absolute Gasteiger partial charge is 0.125 e. The zero-order chi connectivity index (χ0) is 19.0. The van der Waals surface area contributed by atoms with Crippen LogP contribution in [0.25, 0.3) is 0 Å². The molecule has 0 bridgehead atoms. The molecular weight excluding hydrogens is 312 g/mol. The molecule has 0 aliphatic carbocycles. The van der Waals surface area contributed by atoms with E-state index < -0.39 is 0 Å². The third kappa shape index (κ3) is 5.61. The molecule has 1 saturated heterocycles. The van der Waals surface area contributed by atoms with Gasteiger partial charge < -0.3 is 14.7 Å². The lowest BCUT2D eigenvalue weighted by Crippen LogP contribution is -2.46. The third-order valence-electron chi connectivity index (χ3n) is 4.63. The first-order valence-electron chi connectivity index (χ1n) is 9.73. The standard InChI is InChI=1S/C18H28N2O.C2H6.CH4O/c1-5-6-19-7-9-20(10-8-19)16-12-17-15(11-14(16)2)13-18(3,4)21-17;2*1-2/h11-12H,5-10,13H2,1-4H3;1-2H3;2H,1H3. The zero-order valence-electron chi connectivity index (χ0n) is 17.4. The van der Waals surface area contributed by atoms with Crippen LogP contribution < -0.4 is 9.64 Å². The number of hydrogen-bond acceptors (Lipinski definition) is 4. The number of aliphatic hydroxyl groups excluding tert-OH is 1. The number of anilines is 1. The van der Waals surface area contributed by atoms with Crippen LogP contribution in [0.2, 0.25) is 0 Å². The molecule has 4 heteroatoms. The fraction of sp³-hybridized carbons (Fsp3) is 0.714. The number of benzene rings is 1. The Balaban J connectivity index is 0.000000730. The normalized spacial score (nSPS) is 18.3. The van der Waals surface area contributed by atoms with Crippen molar-refractivity contribution in [3.63, 3.8) is 0 Å². The van der Waals surface area contributed by atoms with Gasteiger partial charge in [-0.3, -0.25) is 4.90 Å². The first-order chi connectivity index (χ1) is 12.0. The molecule has 1 aromatic carbocycles. The number of aryl methyl sites for hydroxylation is 1. The van der Waals surface area contributed by atoms with Crippen LogP contribution in [0.4, 0.5) is 5.69 Å². The molecule has 1 aromatic rings. The highest BCUT2D eigenvalue weighted by molar-refractivity contribution is 5.61. The Labute approximate surface area is 154 Å². The molecule has 25 heavy (non-hydrogen) atoms. The fourth-order valence-electron chi connectivity index (χ4n) is 3.63. The Bertz CT molecular complexity index is 521. The van der Waals surface area contributed by atoms with Gasteiger partial charge in [0.1, 0.15) is 11.4 Å². The van der Waals surface area contributed by atoms with Gasteiger partial charge in [-0.2, -0.15) is 0 Å². The second-order valence-corrected chi connectivity index (χ2v) is 7.11. The Hall–Kier alpha value is -1.26. The Morgan fingerprint density at radius 3 is 2.24 bits per heavy atom. The van der Waals surface area contributed by atoms with Gasteiger partial charge in [0.25, 0.3) is 0 Å². The number of rotatable bonds is 3. The number of piperazine rings is 1. The van der Waals surface area contributed by atoms with E-state index in [9.17, 15) is 0 Å². The van der Waals surface area contributed by atoms with Gasteiger partial charge in [0.15, 0.2) is 0 Å². The maximum Gasteiger partial charge on any atom is 0.125 e. The Morgan fingerprint density at radius 1 is 1.08 bits per heavy atom. The van der Waals surface area contributed by atoms with Crippen molar-refractivity contribution in [1.82, 2.24) is 4.90 Å². The number of ether oxygens (including phenoxy) is 1. The van der Waals surface area contributed by atoms with Crippen molar-refractivity contribution < 1.29 is 9.84 Å². The highest BCUT2D eigenvalue weighted by atomic mass is 16.5.